The van der Waals surface area contributed by atoms with Crippen LogP contribution < -0.4 is 0 Å². The molecule has 0 atom stereocenters. The van der Waals surface area contributed by atoms with Crippen LogP contribution in [0.25, 0.3) is 6.08 Å². The lowest BCUT2D eigenvalue weighted by atomic mass is 10.1. The third kappa shape index (κ3) is 2.83. The van der Waals surface area contributed by atoms with Gasteiger partial charge in [-0.1, -0.05) is 30.3 Å². The second-order valence-corrected chi connectivity index (χ2v) is 3.82. The standard InChI is InChI=1S/C15H12FNO/c16-12-8-5-11(6-9-12)7-10-14(17)13-3-1-2-4-15(13)18/h1-10,17-18H. The van der Waals surface area contributed by atoms with E-state index in [-0.39, 0.29) is 17.3 Å². The van der Waals surface area contributed by atoms with E-state index in [2.05, 4.69) is 0 Å². The van der Waals surface area contributed by atoms with Crippen molar-refractivity contribution in [2.75, 3.05) is 0 Å². The van der Waals surface area contributed by atoms with Gasteiger partial charge in [0, 0.05) is 5.56 Å². The summed E-state index contributed by atoms with van der Waals surface area (Å²) in [6.45, 7) is 0. The van der Waals surface area contributed by atoms with E-state index in [0.717, 1.165) is 5.56 Å². The van der Waals surface area contributed by atoms with E-state index in [1.165, 1.54) is 18.2 Å². The minimum Gasteiger partial charge on any atom is -0.507 e. The summed E-state index contributed by atoms with van der Waals surface area (Å²) in [4.78, 5) is 0. The fourth-order valence-electron chi connectivity index (χ4n) is 1.54. The molecule has 0 amide bonds. The molecular formula is C15H12FNO. The third-order valence-corrected chi connectivity index (χ3v) is 2.51. The first-order chi connectivity index (χ1) is 8.66. The number of aromatic hydroxyl groups is 1. The number of phenols is 1. The molecule has 0 saturated carbocycles. The van der Waals surface area contributed by atoms with Crippen LogP contribution in [-0.2, 0) is 0 Å². The highest BCUT2D eigenvalue weighted by Gasteiger charge is 2.02. The first kappa shape index (κ1) is 12.0. The Hall–Kier alpha value is -2.42. The molecular weight excluding hydrogens is 229 g/mol. The maximum atomic E-state index is 12.7. The maximum Gasteiger partial charge on any atom is 0.124 e. The molecule has 18 heavy (non-hydrogen) atoms. The molecule has 0 aliphatic carbocycles. The zero-order chi connectivity index (χ0) is 13.0. The van der Waals surface area contributed by atoms with E-state index in [1.54, 1.807) is 42.5 Å². The monoisotopic (exact) mass is 241 g/mol. The van der Waals surface area contributed by atoms with Crippen LogP contribution in [0.4, 0.5) is 4.39 Å². The lowest BCUT2D eigenvalue weighted by molar-refractivity contribution is 0.474. The zero-order valence-electron chi connectivity index (χ0n) is 9.60. The molecule has 0 radical (unpaired) electrons. The second-order valence-electron chi connectivity index (χ2n) is 3.82. The summed E-state index contributed by atoms with van der Waals surface area (Å²) in [7, 11) is 0. The molecule has 0 bridgehead atoms. The van der Waals surface area contributed by atoms with Gasteiger partial charge in [0.2, 0.25) is 0 Å². The van der Waals surface area contributed by atoms with Crippen LogP contribution in [0.1, 0.15) is 11.1 Å². The Bertz CT molecular complexity index is 588. The van der Waals surface area contributed by atoms with E-state index >= 15 is 0 Å². The van der Waals surface area contributed by atoms with E-state index in [4.69, 9.17) is 5.41 Å². The summed E-state index contributed by atoms with van der Waals surface area (Å²) in [6, 6.07) is 12.7. The Morgan fingerprint density at radius 2 is 1.72 bits per heavy atom. The second kappa shape index (κ2) is 5.27. The van der Waals surface area contributed by atoms with Gasteiger partial charge in [-0.05, 0) is 35.9 Å². The number of phenolic OH excluding ortho intramolecular Hbond substituents is 1. The van der Waals surface area contributed by atoms with Crippen molar-refractivity contribution in [2.45, 2.75) is 0 Å². The van der Waals surface area contributed by atoms with E-state index in [0.29, 0.717) is 5.56 Å². The topological polar surface area (TPSA) is 44.1 Å². The van der Waals surface area contributed by atoms with Gasteiger partial charge in [0.05, 0.1) is 5.71 Å². The van der Waals surface area contributed by atoms with Gasteiger partial charge in [-0.15, -0.1) is 0 Å². The molecule has 90 valence electrons. The smallest absolute Gasteiger partial charge is 0.124 e. The summed E-state index contributed by atoms with van der Waals surface area (Å²) in [6.07, 6.45) is 3.27. The third-order valence-electron chi connectivity index (χ3n) is 2.51. The predicted molar refractivity (Wildman–Crippen MR) is 70.4 cm³/mol. The van der Waals surface area contributed by atoms with Gasteiger partial charge in [0.25, 0.3) is 0 Å². The normalized spacial score (nSPS) is 10.7. The quantitative estimate of drug-likeness (QED) is 0.792. The Labute approximate surface area is 105 Å². The molecule has 0 heterocycles. The molecule has 0 aliphatic heterocycles. The predicted octanol–water partition coefficient (Wildman–Crippen LogP) is 3.61. The lowest BCUT2D eigenvalue weighted by Crippen LogP contribution is -1.94. The van der Waals surface area contributed by atoms with Crippen molar-refractivity contribution < 1.29 is 9.50 Å². The summed E-state index contributed by atoms with van der Waals surface area (Å²) in [5.41, 5.74) is 1.48. The van der Waals surface area contributed by atoms with Crippen LogP contribution in [0.5, 0.6) is 5.75 Å². The molecule has 0 unspecified atom stereocenters. The van der Waals surface area contributed by atoms with Crippen molar-refractivity contribution in [2.24, 2.45) is 0 Å². The van der Waals surface area contributed by atoms with Crippen LogP contribution in [0.15, 0.2) is 54.6 Å². The molecule has 2 aromatic carbocycles. The SMILES string of the molecule is N=C(C=Cc1ccc(F)cc1)c1ccccc1O. The number of halogens is 1. The average molecular weight is 241 g/mol. The van der Waals surface area contributed by atoms with Gasteiger partial charge in [0.15, 0.2) is 0 Å². The summed E-state index contributed by atoms with van der Waals surface area (Å²) >= 11 is 0. The van der Waals surface area contributed by atoms with Crippen LogP contribution >= 0.6 is 0 Å². The van der Waals surface area contributed by atoms with Gasteiger partial charge >= 0.3 is 0 Å². The Morgan fingerprint density at radius 3 is 2.39 bits per heavy atom. The number of nitrogens with one attached hydrogen (secondary N) is 1. The van der Waals surface area contributed by atoms with Crippen molar-refractivity contribution in [1.29, 1.82) is 5.41 Å². The van der Waals surface area contributed by atoms with Crippen LogP contribution in [0.2, 0.25) is 0 Å². The first-order valence-electron chi connectivity index (χ1n) is 5.47. The first-order valence-corrected chi connectivity index (χ1v) is 5.47. The van der Waals surface area contributed by atoms with E-state index in [9.17, 15) is 9.50 Å². The number of benzene rings is 2. The molecule has 2 nitrogen and oxygen atoms in total. The Morgan fingerprint density at radius 1 is 1.06 bits per heavy atom. The molecule has 0 aromatic heterocycles. The number of para-hydroxylation sites is 1. The molecule has 0 aliphatic rings. The van der Waals surface area contributed by atoms with Gasteiger partial charge in [-0.2, -0.15) is 0 Å². The number of hydrogen-bond acceptors (Lipinski definition) is 2. The molecule has 0 fully saturated rings. The van der Waals surface area contributed by atoms with Crippen LogP contribution in [0, 0.1) is 11.2 Å². The van der Waals surface area contributed by atoms with E-state index in [1.807, 2.05) is 0 Å². The number of allylic oxidation sites excluding steroid dienone is 1. The van der Waals surface area contributed by atoms with Crippen molar-refractivity contribution in [3.8, 4) is 5.75 Å². The van der Waals surface area contributed by atoms with Crippen molar-refractivity contribution in [1.82, 2.24) is 0 Å². The van der Waals surface area contributed by atoms with Crippen molar-refractivity contribution in [3.05, 3.63) is 71.6 Å². The Kier molecular flexibility index (Phi) is 3.53. The van der Waals surface area contributed by atoms with Crippen LogP contribution in [0.3, 0.4) is 0 Å². The summed E-state index contributed by atoms with van der Waals surface area (Å²) < 4.78 is 12.7. The minimum atomic E-state index is -0.289. The largest absolute Gasteiger partial charge is 0.507 e. The molecule has 2 aromatic rings. The number of hydrogen-bond donors (Lipinski definition) is 2. The van der Waals surface area contributed by atoms with Gasteiger partial charge < -0.3 is 10.5 Å². The fraction of sp³-hybridized carbons (Fsp3) is 0. The van der Waals surface area contributed by atoms with Crippen LogP contribution in [-0.4, -0.2) is 10.8 Å². The zero-order valence-corrected chi connectivity index (χ0v) is 9.60. The average Bonchev–Trinajstić information content (AvgIpc) is 2.38. The molecule has 0 spiro atoms. The van der Waals surface area contributed by atoms with Gasteiger partial charge in [0.1, 0.15) is 11.6 Å². The minimum absolute atomic E-state index is 0.0752. The van der Waals surface area contributed by atoms with Crippen molar-refractivity contribution >= 4 is 11.8 Å². The lowest BCUT2D eigenvalue weighted by Gasteiger charge is -2.01. The highest BCUT2D eigenvalue weighted by atomic mass is 19.1. The molecule has 2 N–H and O–H groups in total. The van der Waals surface area contributed by atoms with Gasteiger partial charge in [-0.3, -0.25) is 0 Å². The summed E-state index contributed by atoms with van der Waals surface area (Å²) in [5.74, 6) is -0.214. The molecule has 2 rings (SSSR count). The fourth-order valence-corrected chi connectivity index (χ4v) is 1.54. The van der Waals surface area contributed by atoms with Gasteiger partial charge in [-0.25, -0.2) is 4.39 Å². The molecule has 3 heteroatoms. The van der Waals surface area contributed by atoms with Crippen molar-refractivity contribution in [3.63, 3.8) is 0 Å². The summed E-state index contributed by atoms with van der Waals surface area (Å²) in [5, 5.41) is 17.4. The maximum absolute atomic E-state index is 12.7. The van der Waals surface area contributed by atoms with E-state index < -0.39 is 0 Å². The molecule has 0 saturated heterocycles. The number of rotatable bonds is 3. The highest BCUT2D eigenvalue weighted by Crippen LogP contribution is 2.17. The highest BCUT2D eigenvalue weighted by molar-refractivity contribution is 6.10. The Balaban J connectivity index is 2.17.